The summed E-state index contributed by atoms with van der Waals surface area (Å²) in [4.78, 5) is 14.3. The summed E-state index contributed by atoms with van der Waals surface area (Å²) in [6, 6.07) is 13.4. The van der Waals surface area contributed by atoms with Gasteiger partial charge in [-0.15, -0.1) is 0 Å². The highest BCUT2D eigenvalue weighted by molar-refractivity contribution is 6.31. The topological polar surface area (TPSA) is 44.1 Å². The van der Waals surface area contributed by atoms with Gasteiger partial charge in [0.15, 0.2) is 0 Å². The zero-order chi connectivity index (χ0) is 17.7. The molecule has 1 atom stereocenters. The molecule has 0 fully saturated rings. The van der Waals surface area contributed by atoms with Gasteiger partial charge in [0.05, 0.1) is 24.1 Å². The summed E-state index contributed by atoms with van der Waals surface area (Å²) in [5.74, 6) is -0.667. The van der Waals surface area contributed by atoms with Gasteiger partial charge in [-0.3, -0.25) is 4.79 Å². The van der Waals surface area contributed by atoms with Crippen LogP contribution >= 0.6 is 11.6 Å². The molecule has 1 unspecified atom stereocenters. The summed E-state index contributed by atoms with van der Waals surface area (Å²) < 4.78 is 13.9. The highest BCUT2D eigenvalue weighted by atomic mass is 35.5. The summed E-state index contributed by atoms with van der Waals surface area (Å²) in [5, 5.41) is 9.12. The van der Waals surface area contributed by atoms with Crippen LogP contribution in [0.3, 0.4) is 0 Å². The van der Waals surface area contributed by atoms with E-state index in [0.29, 0.717) is 12.1 Å². The monoisotopic (exact) mass is 344 g/mol. The standard InChI is InChI=1S/C19H18ClFN2O/c1-3-23(13(2)15-9-7-14(12-22)8-10-15)19(24)11-16-17(20)5-4-6-18(16)21/h4-10,13H,3,11H2,1-2H3. The lowest BCUT2D eigenvalue weighted by Crippen LogP contribution is -2.34. The molecule has 0 N–H and O–H groups in total. The number of carbonyl (C=O) groups excluding carboxylic acids is 1. The number of hydrogen-bond donors (Lipinski definition) is 0. The summed E-state index contributed by atoms with van der Waals surface area (Å²) in [5.41, 5.74) is 1.71. The van der Waals surface area contributed by atoms with Crippen LogP contribution in [0.2, 0.25) is 5.02 Å². The van der Waals surface area contributed by atoms with Gasteiger partial charge in [0, 0.05) is 17.1 Å². The smallest absolute Gasteiger partial charge is 0.227 e. The van der Waals surface area contributed by atoms with E-state index in [1.54, 1.807) is 23.1 Å². The van der Waals surface area contributed by atoms with Gasteiger partial charge in [0.2, 0.25) is 5.91 Å². The predicted molar refractivity (Wildman–Crippen MR) is 92.1 cm³/mol. The highest BCUT2D eigenvalue weighted by Crippen LogP contribution is 2.24. The molecule has 0 aliphatic carbocycles. The van der Waals surface area contributed by atoms with Crippen LogP contribution in [0.1, 0.15) is 36.6 Å². The Balaban J connectivity index is 2.20. The van der Waals surface area contributed by atoms with Gasteiger partial charge in [-0.05, 0) is 43.7 Å². The number of amides is 1. The van der Waals surface area contributed by atoms with Crippen molar-refractivity contribution in [1.29, 1.82) is 5.26 Å². The van der Waals surface area contributed by atoms with E-state index in [0.717, 1.165) is 5.56 Å². The molecule has 0 spiro atoms. The van der Waals surface area contributed by atoms with E-state index in [1.807, 2.05) is 26.0 Å². The molecule has 0 radical (unpaired) electrons. The second kappa shape index (κ2) is 7.94. The van der Waals surface area contributed by atoms with Crippen molar-refractivity contribution in [2.75, 3.05) is 6.54 Å². The van der Waals surface area contributed by atoms with Gasteiger partial charge in [-0.2, -0.15) is 5.26 Å². The van der Waals surface area contributed by atoms with E-state index in [4.69, 9.17) is 16.9 Å². The summed E-state index contributed by atoms with van der Waals surface area (Å²) in [6.07, 6.45) is -0.0834. The van der Waals surface area contributed by atoms with Gasteiger partial charge >= 0.3 is 0 Å². The molecule has 0 saturated carbocycles. The van der Waals surface area contributed by atoms with Gasteiger partial charge < -0.3 is 4.90 Å². The number of hydrogen-bond acceptors (Lipinski definition) is 2. The predicted octanol–water partition coefficient (Wildman–Crippen LogP) is 4.50. The Kier molecular flexibility index (Phi) is 5.94. The van der Waals surface area contributed by atoms with Crippen LogP contribution in [-0.4, -0.2) is 17.4 Å². The Morgan fingerprint density at radius 2 is 1.96 bits per heavy atom. The van der Waals surface area contributed by atoms with E-state index in [9.17, 15) is 9.18 Å². The minimum absolute atomic E-state index is 0.0834. The van der Waals surface area contributed by atoms with Crippen LogP contribution in [0.5, 0.6) is 0 Å². The number of halogens is 2. The van der Waals surface area contributed by atoms with Crippen molar-refractivity contribution >= 4 is 17.5 Å². The zero-order valence-corrected chi connectivity index (χ0v) is 14.3. The summed E-state index contributed by atoms with van der Waals surface area (Å²) >= 11 is 6.01. The fourth-order valence-corrected chi connectivity index (χ4v) is 2.87. The first kappa shape index (κ1) is 18.0. The van der Waals surface area contributed by atoms with Gasteiger partial charge in [0.1, 0.15) is 5.82 Å². The lowest BCUT2D eigenvalue weighted by molar-refractivity contribution is -0.132. The van der Waals surface area contributed by atoms with Crippen LogP contribution in [0.15, 0.2) is 42.5 Å². The average Bonchev–Trinajstić information content (AvgIpc) is 2.59. The van der Waals surface area contributed by atoms with Crippen molar-refractivity contribution < 1.29 is 9.18 Å². The fraction of sp³-hybridized carbons (Fsp3) is 0.263. The third-order valence-electron chi connectivity index (χ3n) is 4.04. The van der Waals surface area contributed by atoms with E-state index >= 15 is 0 Å². The van der Waals surface area contributed by atoms with E-state index in [2.05, 4.69) is 6.07 Å². The molecule has 0 heterocycles. The number of rotatable bonds is 5. The van der Waals surface area contributed by atoms with Gasteiger partial charge in [-0.1, -0.05) is 29.8 Å². The minimum Gasteiger partial charge on any atom is -0.336 e. The molecular formula is C19H18ClFN2O. The molecule has 124 valence electrons. The quantitative estimate of drug-likeness (QED) is 0.801. The molecule has 3 nitrogen and oxygen atoms in total. The van der Waals surface area contributed by atoms with E-state index < -0.39 is 5.82 Å². The fourth-order valence-electron chi connectivity index (χ4n) is 2.64. The third-order valence-corrected chi connectivity index (χ3v) is 4.39. The second-order valence-electron chi connectivity index (χ2n) is 5.47. The first-order valence-electron chi connectivity index (χ1n) is 7.70. The first-order valence-corrected chi connectivity index (χ1v) is 8.08. The lowest BCUT2D eigenvalue weighted by Gasteiger charge is -2.29. The lowest BCUT2D eigenvalue weighted by atomic mass is 10.0. The molecule has 0 saturated heterocycles. The van der Waals surface area contributed by atoms with Crippen LogP contribution in [0.25, 0.3) is 0 Å². The maximum atomic E-state index is 13.9. The van der Waals surface area contributed by atoms with Gasteiger partial charge in [-0.25, -0.2) is 4.39 Å². The molecule has 1 amide bonds. The van der Waals surface area contributed by atoms with Crippen LogP contribution in [0, 0.1) is 17.1 Å². The number of nitriles is 1. The Bertz CT molecular complexity index is 748. The summed E-state index contributed by atoms with van der Waals surface area (Å²) in [6.45, 7) is 4.28. The van der Waals surface area contributed by atoms with Gasteiger partial charge in [0.25, 0.3) is 0 Å². The molecule has 0 bridgehead atoms. The molecule has 2 aromatic rings. The van der Waals surface area contributed by atoms with Crippen molar-refractivity contribution in [1.82, 2.24) is 4.90 Å². The normalized spacial score (nSPS) is 11.6. The zero-order valence-electron chi connectivity index (χ0n) is 13.6. The molecule has 24 heavy (non-hydrogen) atoms. The molecule has 5 heteroatoms. The van der Waals surface area contributed by atoms with Crippen LogP contribution in [-0.2, 0) is 11.2 Å². The number of carbonyl (C=O) groups is 1. The maximum Gasteiger partial charge on any atom is 0.227 e. The SMILES string of the molecule is CCN(C(=O)Cc1c(F)cccc1Cl)C(C)c1ccc(C#N)cc1. The first-order chi connectivity index (χ1) is 11.5. The van der Waals surface area contributed by atoms with Crippen LogP contribution < -0.4 is 0 Å². The van der Waals surface area contributed by atoms with Crippen molar-refractivity contribution in [2.45, 2.75) is 26.3 Å². The molecular weight excluding hydrogens is 327 g/mol. The van der Waals surface area contributed by atoms with Crippen molar-refractivity contribution in [3.63, 3.8) is 0 Å². The number of benzene rings is 2. The number of likely N-dealkylation sites (N-methyl/N-ethyl adjacent to an activating group) is 1. The molecule has 2 aromatic carbocycles. The largest absolute Gasteiger partial charge is 0.336 e. The van der Waals surface area contributed by atoms with Crippen molar-refractivity contribution in [3.8, 4) is 6.07 Å². The summed E-state index contributed by atoms with van der Waals surface area (Å²) in [7, 11) is 0. The second-order valence-corrected chi connectivity index (χ2v) is 5.87. The van der Waals surface area contributed by atoms with Crippen LogP contribution in [0.4, 0.5) is 4.39 Å². The van der Waals surface area contributed by atoms with E-state index in [-0.39, 0.29) is 29.0 Å². The molecule has 0 aromatic heterocycles. The minimum atomic E-state index is -0.474. The Morgan fingerprint density at radius 1 is 1.29 bits per heavy atom. The van der Waals surface area contributed by atoms with Crippen molar-refractivity contribution in [2.24, 2.45) is 0 Å². The maximum absolute atomic E-state index is 13.9. The average molecular weight is 345 g/mol. The molecule has 0 aliphatic heterocycles. The Labute approximate surface area is 146 Å². The highest BCUT2D eigenvalue weighted by Gasteiger charge is 2.22. The molecule has 0 aliphatic rings. The molecule has 2 rings (SSSR count). The number of nitrogens with zero attached hydrogens (tertiary/aromatic N) is 2. The Morgan fingerprint density at radius 3 is 2.50 bits per heavy atom. The van der Waals surface area contributed by atoms with Crippen molar-refractivity contribution in [3.05, 3.63) is 70.0 Å². The van der Waals surface area contributed by atoms with E-state index in [1.165, 1.54) is 12.1 Å². The third kappa shape index (κ3) is 3.93. The Hall–Kier alpha value is -2.38.